The molecule has 0 unspecified atom stereocenters. The molecule has 180 valence electrons. The SMILES string of the molecule is CSc1n[c-]n(-c2cccc(C(C)(C)c3cccc(-n4[c-]nc(SC)c4SC)n3)n2)c1SC.[Pd+2]. The fourth-order valence-electron chi connectivity index (χ4n) is 3.43. The molecule has 0 saturated carbocycles. The summed E-state index contributed by atoms with van der Waals surface area (Å²) in [5.74, 6) is 1.59. The van der Waals surface area contributed by atoms with Crippen molar-refractivity contribution in [3.05, 3.63) is 60.4 Å². The smallest absolute Gasteiger partial charge is 0.406 e. The summed E-state index contributed by atoms with van der Waals surface area (Å²) in [6, 6.07) is 12.1. The molecule has 0 N–H and O–H groups in total. The van der Waals surface area contributed by atoms with Gasteiger partial charge in [0.1, 0.15) is 0 Å². The number of hydrogen-bond acceptors (Lipinski definition) is 8. The van der Waals surface area contributed by atoms with Crippen LogP contribution in [-0.2, 0) is 25.8 Å². The van der Waals surface area contributed by atoms with Gasteiger partial charge >= 0.3 is 20.4 Å². The van der Waals surface area contributed by atoms with Crippen LogP contribution in [0.4, 0.5) is 0 Å². The summed E-state index contributed by atoms with van der Waals surface area (Å²) < 4.78 is 3.85. The Balaban J connectivity index is 0.00000324. The molecular weight excluding hydrogens is 595 g/mol. The molecule has 0 fully saturated rings. The second-order valence-corrected chi connectivity index (χ2v) is 10.7. The zero-order chi connectivity index (χ0) is 23.6. The first kappa shape index (κ1) is 27.4. The molecule has 4 aromatic heterocycles. The van der Waals surface area contributed by atoms with Crippen molar-refractivity contribution in [2.24, 2.45) is 0 Å². The first-order valence-corrected chi connectivity index (χ1v) is 15.0. The Kier molecular flexibility index (Phi) is 9.40. The predicted molar refractivity (Wildman–Crippen MR) is 140 cm³/mol. The van der Waals surface area contributed by atoms with E-state index >= 15 is 0 Å². The molecule has 4 rings (SSSR count). The van der Waals surface area contributed by atoms with E-state index in [0.29, 0.717) is 0 Å². The van der Waals surface area contributed by atoms with Crippen LogP contribution < -0.4 is 0 Å². The summed E-state index contributed by atoms with van der Waals surface area (Å²) in [4.78, 5) is 18.8. The van der Waals surface area contributed by atoms with E-state index in [1.54, 1.807) is 47.0 Å². The minimum atomic E-state index is -0.420. The minimum Gasteiger partial charge on any atom is -0.406 e. The van der Waals surface area contributed by atoms with Crippen LogP contribution in [0.1, 0.15) is 25.2 Å². The van der Waals surface area contributed by atoms with Gasteiger partial charge in [0.25, 0.3) is 0 Å². The Morgan fingerprint density at radius 1 is 0.676 bits per heavy atom. The van der Waals surface area contributed by atoms with Crippen molar-refractivity contribution in [2.75, 3.05) is 25.0 Å². The fraction of sp³-hybridized carbons (Fsp3) is 0.304. The topological polar surface area (TPSA) is 61.4 Å². The van der Waals surface area contributed by atoms with Crippen molar-refractivity contribution in [1.29, 1.82) is 0 Å². The van der Waals surface area contributed by atoms with E-state index in [1.807, 2.05) is 70.6 Å². The Hall–Kier alpha value is -1.22. The molecule has 0 aliphatic rings. The third kappa shape index (κ3) is 5.15. The van der Waals surface area contributed by atoms with Crippen LogP contribution in [-0.4, -0.2) is 54.1 Å². The van der Waals surface area contributed by atoms with Gasteiger partial charge in [-0.2, -0.15) is 47.0 Å². The third-order valence-corrected chi connectivity index (χ3v) is 8.38. The van der Waals surface area contributed by atoms with Gasteiger partial charge in [-0.3, -0.25) is 9.97 Å². The Bertz CT molecular complexity index is 1170. The molecule has 0 radical (unpaired) electrons. The van der Waals surface area contributed by atoms with E-state index in [0.717, 1.165) is 43.1 Å². The number of aromatic nitrogens is 6. The minimum absolute atomic E-state index is 0. The number of hydrogen-bond donors (Lipinski definition) is 0. The van der Waals surface area contributed by atoms with Crippen molar-refractivity contribution >= 4 is 47.0 Å². The summed E-state index contributed by atoms with van der Waals surface area (Å²) in [6.07, 6.45) is 14.3. The van der Waals surface area contributed by atoms with Crippen LogP contribution in [0.3, 0.4) is 0 Å². The van der Waals surface area contributed by atoms with Gasteiger partial charge in [-0.05, 0) is 61.1 Å². The second-order valence-electron chi connectivity index (χ2n) is 7.52. The number of nitrogens with zero attached hydrogens (tertiary/aromatic N) is 6. The van der Waals surface area contributed by atoms with Gasteiger partial charge in [0, 0.05) is 39.5 Å². The molecule has 0 aliphatic heterocycles. The average molecular weight is 619 g/mol. The van der Waals surface area contributed by atoms with Gasteiger partial charge in [-0.15, -0.1) is 0 Å². The zero-order valence-electron chi connectivity index (χ0n) is 19.6. The number of thioether (sulfide) groups is 4. The second kappa shape index (κ2) is 11.7. The summed E-state index contributed by atoms with van der Waals surface area (Å²) in [5, 5.41) is 3.98. The predicted octanol–water partition coefficient (Wildman–Crippen LogP) is 5.66. The fourth-order valence-corrected chi connectivity index (χ4v) is 6.30. The monoisotopic (exact) mass is 618 g/mol. The van der Waals surface area contributed by atoms with E-state index in [-0.39, 0.29) is 20.4 Å². The van der Waals surface area contributed by atoms with Gasteiger partial charge in [0.15, 0.2) is 0 Å². The zero-order valence-corrected chi connectivity index (χ0v) is 24.4. The van der Waals surface area contributed by atoms with Crippen LogP contribution in [0, 0.1) is 12.7 Å². The number of pyridine rings is 2. The summed E-state index contributed by atoms with van der Waals surface area (Å²) in [5.41, 5.74) is 1.43. The standard InChI is InChI=1S/C23H24N6S4.Pd/c1-23(2,15-9-7-11-17(26-15)28-13-24-19(30-3)21(28)32-5)16-10-8-12-18(27-16)29-14-25-20(31-4)22(29)33-6;/h7-12H,1-6H3;/q-2;+2. The molecule has 11 heteroatoms. The van der Waals surface area contributed by atoms with Crippen molar-refractivity contribution in [3.8, 4) is 11.6 Å². The van der Waals surface area contributed by atoms with E-state index in [4.69, 9.17) is 9.97 Å². The first-order valence-electron chi connectivity index (χ1n) is 10.1. The van der Waals surface area contributed by atoms with E-state index in [1.165, 1.54) is 0 Å². The van der Waals surface area contributed by atoms with Crippen molar-refractivity contribution in [2.45, 2.75) is 39.4 Å². The third-order valence-electron chi connectivity index (χ3n) is 5.26. The molecule has 0 bridgehead atoms. The molecule has 6 nitrogen and oxygen atoms in total. The van der Waals surface area contributed by atoms with Gasteiger partial charge in [0.2, 0.25) is 0 Å². The first-order chi connectivity index (χ1) is 15.9. The Morgan fingerprint density at radius 2 is 1.09 bits per heavy atom. The molecular formula is C23H24N6PdS4. The number of imidazole rings is 2. The maximum atomic E-state index is 5.00. The molecule has 0 atom stereocenters. The van der Waals surface area contributed by atoms with Crippen LogP contribution in [0.25, 0.3) is 11.6 Å². The summed E-state index contributed by atoms with van der Waals surface area (Å²) in [7, 11) is 0. The molecule has 0 aliphatic carbocycles. The van der Waals surface area contributed by atoms with E-state index < -0.39 is 5.41 Å². The van der Waals surface area contributed by atoms with Crippen molar-refractivity contribution in [3.63, 3.8) is 0 Å². The van der Waals surface area contributed by atoms with Gasteiger partial charge in [-0.25, -0.2) is 0 Å². The maximum absolute atomic E-state index is 5.00. The normalized spacial score (nSPS) is 11.5. The molecule has 0 amide bonds. The Labute approximate surface area is 231 Å². The quantitative estimate of drug-likeness (QED) is 0.142. The van der Waals surface area contributed by atoms with Gasteiger partial charge < -0.3 is 19.1 Å². The summed E-state index contributed by atoms with van der Waals surface area (Å²) in [6.45, 7) is 4.29. The molecule has 0 spiro atoms. The van der Waals surface area contributed by atoms with Crippen LogP contribution in [0.5, 0.6) is 0 Å². The van der Waals surface area contributed by atoms with E-state index in [2.05, 4.69) is 36.5 Å². The van der Waals surface area contributed by atoms with E-state index in [9.17, 15) is 0 Å². The van der Waals surface area contributed by atoms with Gasteiger partial charge in [-0.1, -0.05) is 24.3 Å². The average Bonchev–Trinajstić information content (AvgIpc) is 3.47. The van der Waals surface area contributed by atoms with Crippen molar-refractivity contribution in [1.82, 2.24) is 29.1 Å². The molecule has 4 aromatic rings. The molecule has 34 heavy (non-hydrogen) atoms. The van der Waals surface area contributed by atoms with Gasteiger partial charge in [0.05, 0.1) is 11.6 Å². The molecule has 0 aromatic carbocycles. The van der Waals surface area contributed by atoms with Crippen LogP contribution in [0.2, 0.25) is 0 Å². The molecule has 0 saturated heterocycles. The van der Waals surface area contributed by atoms with Crippen LogP contribution >= 0.6 is 47.0 Å². The van der Waals surface area contributed by atoms with Crippen LogP contribution in [0.15, 0.2) is 56.5 Å². The Morgan fingerprint density at radius 3 is 1.44 bits per heavy atom. The maximum Gasteiger partial charge on any atom is 2.00 e. The largest absolute Gasteiger partial charge is 2.00 e. The summed E-state index contributed by atoms with van der Waals surface area (Å²) >= 11 is 6.51. The number of rotatable bonds is 8. The molecule has 4 heterocycles. The van der Waals surface area contributed by atoms with Crippen molar-refractivity contribution < 1.29 is 20.4 Å².